The lowest BCUT2D eigenvalue weighted by Crippen LogP contribution is -2.47. The van der Waals surface area contributed by atoms with E-state index in [1.165, 1.54) is 4.31 Å². The smallest absolute Gasteiger partial charge is 0.304 e. The van der Waals surface area contributed by atoms with Gasteiger partial charge >= 0.3 is 5.97 Å². The van der Waals surface area contributed by atoms with Crippen LogP contribution < -0.4 is 4.72 Å². The van der Waals surface area contributed by atoms with Crippen molar-refractivity contribution in [2.45, 2.75) is 44.7 Å². The van der Waals surface area contributed by atoms with E-state index in [0.29, 0.717) is 13.0 Å². The summed E-state index contributed by atoms with van der Waals surface area (Å²) in [6, 6.07) is 8.70. The predicted octanol–water partition coefficient (Wildman–Crippen LogP) is 1.39. The van der Waals surface area contributed by atoms with Crippen LogP contribution in [-0.2, 0) is 21.4 Å². The zero-order chi connectivity index (χ0) is 16.2. The summed E-state index contributed by atoms with van der Waals surface area (Å²) in [5.41, 5.74) is 0.908. The van der Waals surface area contributed by atoms with Crippen LogP contribution in [0.4, 0.5) is 0 Å². The minimum Gasteiger partial charge on any atom is -0.481 e. The van der Waals surface area contributed by atoms with Crippen molar-refractivity contribution in [3.8, 4) is 0 Å². The molecule has 1 aliphatic carbocycles. The van der Waals surface area contributed by atoms with Gasteiger partial charge in [0.25, 0.3) is 10.2 Å². The van der Waals surface area contributed by atoms with Crippen molar-refractivity contribution < 1.29 is 18.3 Å². The third kappa shape index (κ3) is 4.79. The van der Waals surface area contributed by atoms with E-state index in [1.54, 1.807) is 6.92 Å². The Morgan fingerprint density at radius 3 is 2.50 bits per heavy atom. The van der Waals surface area contributed by atoms with Gasteiger partial charge in [-0.25, -0.2) is 0 Å². The molecule has 6 nitrogen and oxygen atoms in total. The van der Waals surface area contributed by atoms with E-state index in [0.717, 1.165) is 18.4 Å². The van der Waals surface area contributed by atoms with Crippen molar-refractivity contribution in [1.82, 2.24) is 9.03 Å². The van der Waals surface area contributed by atoms with Crippen LogP contribution in [0.15, 0.2) is 30.3 Å². The van der Waals surface area contributed by atoms with E-state index in [4.69, 9.17) is 5.11 Å². The lowest BCUT2D eigenvalue weighted by Gasteiger charge is -2.24. The summed E-state index contributed by atoms with van der Waals surface area (Å²) >= 11 is 0. The summed E-state index contributed by atoms with van der Waals surface area (Å²) < 4.78 is 28.9. The number of carbonyl (C=O) groups is 1. The molecule has 1 aromatic carbocycles. The third-order valence-corrected chi connectivity index (χ3v) is 5.44. The Bertz CT molecular complexity index is 599. The van der Waals surface area contributed by atoms with Crippen LogP contribution in [-0.4, -0.2) is 42.4 Å². The summed E-state index contributed by atoms with van der Waals surface area (Å²) in [5.74, 6) is -1.02. The molecule has 2 N–H and O–H groups in total. The maximum Gasteiger partial charge on any atom is 0.304 e. The zero-order valence-corrected chi connectivity index (χ0v) is 13.4. The fourth-order valence-electron chi connectivity index (χ4n) is 2.53. The van der Waals surface area contributed by atoms with E-state index in [-0.39, 0.29) is 12.5 Å². The third-order valence-electron chi connectivity index (χ3n) is 3.64. The van der Waals surface area contributed by atoms with Gasteiger partial charge in [0.05, 0.1) is 6.42 Å². The molecule has 1 fully saturated rings. The highest BCUT2D eigenvalue weighted by molar-refractivity contribution is 7.87. The van der Waals surface area contributed by atoms with Gasteiger partial charge in [0.15, 0.2) is 0 Å². The first-order chi connectivity index (χ1) is 10.4. The van der Waals surface area contributed by atoms with E-state index >= 15 is 0 Å². The van der Waals surface area contributed by atoms with Crippen molar-refractivity contribution in [1.29, 1.82) is 0 Å². The first-order valence-corrected chi connectivity index (χ1v) is 8.91. The lowest BCUT2D eigenvalue weighted by atomic mass is 10.0. The fourth-order valence-corrected chi connectivity index (χ4v) is 4.20. The Kier molecular flexibility index (Phi) is 5.55. The molecule has 0 amide bonds. The van der Waals surface area contributed by atoms with Crippen molar-refractivity contribution in [3.63, 3.8) is 0 Å². The molecule has 2 rings (SSSR count). The summed E-state index contributed by atoms with van der Waals surface area (Å²) in [5, 5.41) is 9.03. The summed E-state index contributed by atoms with van der Waals surface area (Å²) in [7, 11) is -3.65. The second-order valence-electron chi connectivity index (χ2n) is 5.54. The van der Waals surface area contributed by atoms with Crippen LogP contribution in [0.5, 0.6) is 0 Å². The predicted molar refractivity (Wildman–Crippen MR) is 83.6 cm³/mol. The Morgan fingerprint density at radius 2 is 2.00 bits per heavy atom. The first-order valence-electron chi connectivity index (χ1n) is 7.47. The highest BCUT2D eigenvalue weighted by Crippen LogP contribution is 2.28. The molecule has 0 heterocycles. The summed E-state index contributed by atoms with van der Waals surface area (Å²) in [6.07, 6.45) is 1.86. The molecule has 7 heteroatoms. The van der Waals surface area contributed by atoms with Gasteiger partial charge in [-0.3, -0.25) is 4.79 Å². The second-order valence-corrected chi connectivity index (χ2v) is 7.20. The van der Waals surface area contributed by atoms with Crippen molar-refractivity contribution in [3.05, 3.63) is 35.9 Å². The Balaban J connectivity index is 2.09. The minimum atomic E-state index is -3.65. The monoisotopic (exact) mass is 326 g/mol. The highest BCUT2D eigenvalue weighted by Gasteiger charge is 2.37. The van der Waals surface area contributed by atoms with Gasteiger partial charge < -0.3 is 5.11 Å². The van der Waals surface area contributed by atoms with Crippen LogP contribution in [0.2, 0.25) is 0 Å². The Morgan fingerprint density at radius 1 is 1.36 bits per heavy atom. The molecule has 1 aliphatic rings. The molecular weight excluding hydrogens is 304 g/mol. The van der Waals surface area contributed by atoms with E-state index in [1.807, 2.05) is 30.3 Å². The number of carboxylic acid groups (broad SMARTS) is 1. The molecule has 0 bridgehead atoms. The van der Waals surface area contributed by atoms with Crippen LogP contribution in [0.1, 0.15) is 31.7 Å². The summed E-state index contributed by atoms with van der Waals surface area (Å²) in [6.45, 7) is 2.19. The molecule has 0 aromatic heterocycles. The molecule has 1 saturated carbocycles. The molecule has 1 aromatic rings. The minimum absolute atomic E-state index is 0.0599. The number of rotatable bonds is 9. The zero-order valence-electron chi connectivity index (χ0n) is 12.6. The molecule has 0 spiro atoms. The molecule has 0 saturated heterocycles. The van der Waals surface area contributed by atoms with E-state index in [2.05, 4.69) is 4.72 Å². The number of benzene rings is 1. The molecule has 1 atom stereocenters. The first kappa shape index (κ1) is 16.9. The molecular formula is C15H22N2O4S. The molecule has 0 unspecified atom stereocenters. The van der Waals surface area contributed by atoms with Crippen molar-refractivity contribution >= 4 is 16.2 Å². The SMILES string of the molecule is CCN(C1CC1)S(=O)(=O)N[C@H](CC(=O)O)Cc1ccccc1. The highest BCUT2D eigenvalue weighted by atomic mass is 32.2. The molecule has 22 heavy (non-hydrogen) atoms. The number of carboxylic acids is 1. The van der Waals surface area contributed by atoms with Crippen molar-refractivity contribution in [2.75, 3.05) is 6.54 Å². The van der Waals surface area contributed by atoms with E-state index < -0.39 is 22.2 Å². The lowest BCUT2D eigenvalue weighted by molar-refractivity contribution is -0.137. The van der Waals surface area contributed by atoms with Gasteiger partial charge in [0.1, 0.15) is 0 Å². The molecule has 122 valence electrons. The van der Waals surface area contributed by atoms with Crippen LogP contribution in [0.25, 0.3) is 0 Å². The van der Waals surface area contributed by atoms with Gasteiger partial charge in [-0.05, 0) is 24.8 Å². The van der Waals surface area contributed by atoms with Crippen LogP contribution in [0.3, 0.4) is 0 Å². The number of hydrogen-bond acceptors (Lipinski definition) is 3. The van der Waals surface area contributed by atoms with Gasteiger partial charge in [0.2, 0.25) is 0 Å². The number of nitrogens with one attached hydrogen (secondary N) is 1. The van der Waals surface area contributed by atoms with Gasteiger partial charge in [-0.1, -0.05) is 37.3 Å². The summed E-state index contributed by atoms with van der Waals surface area (Å²) in [4.78, 5) is 11.0. The maximum atomic E-state index is 12.4. The largest absolute Gasteiger partial charge is 0.481 e. The number of hydrogen-bond donors (Lipinski definition) is 2. The van der Waals surface area contributed by atoms with Crippen LogP contribution in [0, 0.1) is 0 Å². The molecule has 0 radical (unpaired) electrons. The Labute approximate surface area is 131 Å². The fraction of sp³-hybridized carbons (Fsp3) is 0.533. The van der Waals surface area contributed by atoms with Crippen LogP contribution >= 0.6 is 0 Å². The molecule has 0 aliphatic heterocycles. The average molecular weight is 326 g/mol. The average Bonchev–Trinajstić information content (AvgIpc) is 3.23. The topological polar surface area (TPSA) is 86.7 Å². The van der Waals surface area contributed by atoms with Gasteiger partial charge in [0, 0.05) is 18.6 Å². The number of nitrogens with zero attached hydrogens (tertiary/aromatic N) is 1. The quantitative estimate of drug-likeness (QED) is 0.718. The van der Waals surface area contributed by atoms with E-state index in [9.17, 15) is 13.2 Å². The Hall–Kier alpha value is -1.44. The van der Waals surface area contributed by atoms with Crippen molar-refractivity contribution in [2.24, 2.45) is 0 Å². The maximum absolute atomic E-state index is 12.4. The normalized spacial score (nSPS) is 16.6. The number of aliphatic carboxylic acids is 1. The van der Waals surface area contributed by atoms with Gasteiger partial charge in [-0.15, -0.1) is 0 Å². The second kappa shape index (κ2) is 7.21. The van der Waals surface area contributed by atoms with Gasteiger partial charge in [-0.2, -0.15) is 17.4 Å². The standard InChI is InChI=1S/C15H22N2O4S/c1-2-17(14-8-9-14)22(20,21)16-13(11-15(18)19)10-12-6-4-3-5-7-12/h3-7,13-14,16H,2,8-11H2,1H3,(H,18,19)/t13-/m0/s1.